The molecule has 2 unspecified atom stereocenters. The van der Waals surface area contributed by atoms with Gasteiger partial charge in [-0.1, -0.05) is 218 Å². The number of nitrogens with zero attached hydrogens (tertiary/aromatic N) is 1. The summed E-state index contributed by atoms with van der Waals surface area (Å²) in [6.45, 7) is 4.60. The molecule has 0 saturated carbocycles. The SMILES string of the molecule is CC/C=C\C/C=C\C/C=C\C/C=C\C/C=C\C/C=C\CCCCCCCCCCCCC(=O)OC(COC(=O)CCCCCCC/C=C\C/C=C\C/C=C\C/C=C\C/C=C\CC)COC(OCC[N+](C)(C)C)C(=O)O. The second-order valence-electron chi connectivity index (χ2n) is 20.2. The first kappa shape index (κ1) is 70.4. The maximum Gasteiger partial charge on any atom is 0.361 e. The van der Waals surface area contributed by atoms with Gasteiger partial charge in [0.15, 0.2) is 6.10 Å². The molecule has 0 aliphatic rings. The summed E-state index contributed by atoms with van der Waals surface area (Å²) in [4.78, 5) is 37.5. The first-order valence-corrected chi connectivity index (χ1v) is 29.3. The minimum Gasteiger partial charge on any atom is -0.477 e. The van der Waals surface area contributed by atoms with E-state index in [2.05, 4.69) is 148 Å². The minimum atomic E-state index is -1.53. The molecule has 0 aromatic carbocycles. The van der Waals surface area contributed by atoms with Gasteiger partial charge in [0.25, 0.3) is 6.29 Å². The van der Waals surface area contributed by atoms with Gasteiger partial charge in [0.1, 0.15) is 13.2 Å². The van der Waals surface area contributed by atoms with Gasteiger partial charge in [-0.15, -0.1) is 0 Å². The summed E-state index contributed by atoms with van der Waals surface area (Å²) in [5, 5.41) is 9.71. The lowest BCUT2D eigenvalue weighted by Gasteiger charge is -2.25. The van der Waals surface area contributed by atoms with Gasteiger partial charge in [-0.2, -0.15) is 0 Å². The zero-order valence-electron chi connectivity index (χ0n) is 48.2. The zero-order chi connectivity index (χ0) is 54.8. The number of unbranched alkanes of at least 4 members (excludes halogenated alkanes) is 15. The number of esters is 2. The van der Waals surface area contributed by atoms with Crippen LogP contribution in [-0.4, -0.2) is 87.4 Å². The molecule has 0 heterocycles. The number of carbonyl (C=O) groups is 3. The second-order valence-corrected chi connectivity index (χ2v) is 20.2. The molecule has 0 aliphatic heterocycles. The molecular formula is C66H108NO8+. The van der Waals surface area contributed by atoms with Crippen LogP contribution in [0.1, 0.15) is 206 Å². The van der Waals surface area contributed by atoms with Gasteiger partial charge in [-0.05, 0) is 109 Å². The molecule has 0 fully saturated rings. The maximum atomic E-state index is 12.9. The van der Waals surface area contributed by atoms with Crippen molar-refractivity contribution in [3.05, 3.63) is 134 Å². The Bertz CT molecular complexity index is 1690. The Labute approximate surface area is 459 Å². The molecule has 0 aromatic heterocycles. The second kappa shape index (κ2) is 55.7. The summed E-state index contributed by atoms with van der Waals surface area (Å²) in [5.41, 5.74) is 0. The molecule has 0 aliphatic carbocycles. The van der Waals surface area contributed by atoms with Crippen molar-refractivity contribution in [2.24, 2.45) is 0 Å². The molecular weight excluding hydrogens is 935 g/mol. The average molecular weight is 1040 g/mol. The number of carboxylic acid groups (broad SMARTS) is 1. The highest BCUT2D eigenvalue weighted by molar-refractivity contribution is 5.71. The molecule has 0 amide bonds. The van der Waals surface area contributed by atoms with Crippen LogP contribution in [-0.2, 0) is 33.3 Å². The summed E-state index contributed by atoms with van der Waals surface area (Å²) in [6, 6.07) is 0. The Morgan fingerprint density at radius 1 is 0.400 bits per heavy atom. The number of rotatable bonds is 52. The Balaban J connectivity index is 4.31. The van der Waals surface area contributed by atoms with E-state index < -0.39 is 24.3 Å². The molecule has 0 spiro atoms. The third-order valence-corrected chi connectivity index (χ3v) is 11.9. The fourth-order valence-corrected chi connectivity index (χ4v) is 7.45. The topological polar surface area (TPSA) is 108 Å². The molecule has 0 bridgehead atoms. The number of carbonyl (C=O) groups excluding carboxylic acids is 2. The van der Waals surface area contributed by atoms with Crippen molar-refractivity contribution >= 4 is 17.9 Å². The monoisotopic (exact) mass is 1040 g/mol. The van der Waals surface area contributed by atoms with Crippen LogP contribution in [0.25, 0.3) is 0 Å². The van der Waals surface area contributed by atoms with E-state index in [9.17, 15) is 19.5 Å². The Hall–Kier alpha value is -4.57. The minimum absolute atomic E-state index is 0.176. The lowest BCUT2D eigenvalue weighted by atomic mass is 10.0. The number of hydrogen-bond donors (Lipinski definition) is 1. The standard InChI is InChI=1S/C66H107NO8/c1-6-8-10-12-14-16-18-20-22-24-26-28-29-30-31-32-33-34-35-37-39-41-43-45-47-49-51-53-55-57-64(69)75-62(61-74-66(65(70)71)72-59-58-67(3,4)5)60-73-63(68)56-54-52-50-48-46-44-42-40-38-36-27-25-23-21-19-17-15-13-11-9-7-2/h8-11,14-17,20-23,26-28,30-31,33-34,36,40,42,62,66H,6-7,12-13,18-19,24-25,29,32,35,37-39,41,43-61H2,1-5H3/p+1/b10-8-,11-9-,16-14-,17-15-,22-20-,23-21-,28-26-,31-30-,34-33-,36-27-,42-40-. The molecule has 9 heteroatoms. The third-order valence-electron chi connectivity index (χ3n) is 11.9. The van der Waals surface area contributed by atoms with Crippen LogP contribution in [0, 0.1) is 0 Å². The van der Waals surface area contributed by atoms with E-state index in [0.29, 0.717) is 23.9 Å². The third kappa shape index (κ3) is 57.0. The fraction of sp³-hybridized carbons (Fsp3) is 0.621. The molecule has 2 atom stereocenters. The van der Waals surface area contributed by atoms with Gasteiger partial charge in [0.05, 0.1) is 34.4 Å². The van der Waals surface area contributed by atoms with Crippen LogP contribution in [0.4, 0.5) is 0 Å². The normalized spacial score (nSPS) is 13.8. The molecule has 0 saturated heterocycles. The quantitative estimate of drug-likeness (QED) is 0.0211. The predicted molar refractivity (Wildman–Crippen MR) is 317 cm³/mol. The van der Waals surface area contributed by atoms with Crippen molar-refractivity contribution < 1.29 is 42.9 Å². The lowest BCUT2D eigenvalue weighted by molar-refractivity contribution is -0.870. The van der Waals surface area contributed by atoms with Crippen LogP contribution >= 0.6 is 0 Å². The van der Waals surface area contributed by atoms with E-state index >= 15 is 0 Å². The summed E-state index contributed by atoms with van der Waals surface area (Å²) in [5.74, 6) is -2.05. The van der Waals surface area contributed by atoms with Crippen LogP contribution in [0.5, 0.6) is 0 Å². The van der Waals surface area contributed by atoms with Crippen molar-refractivity contribution in [1.82, 2.24) is 0 Å². The molecule has 0 aromatic rings. The number of carboxylic acids is 1. The summed E-state index contributed by atoms with van der Waals surface area (Å²) in [7, 11) is 5.95. The van der Waals surface area contributed by atoms with Crippen molar-refractivity contribution in [2.45, 2.75) is 219 Å². The van der Waals surface area contributed by atoms with Crippen molar-refractivity contribution in [3.63, 3.8) is 0 Å². The van der Waals surface area contributed by atoms with Gasteiger partial charge in [0.2, 0.25) is 0 Å². The van der Waals surface area contributed by atoms with Gasteiger partial charge in [-0.3, -0.25) is 9.59 Å². The van der Waals surface area contributed by atoms with Crippen LogP contribution < -0.4 is 0 Å². The van der Waals surface area contributed by atoms with Crippen LogP contribution in [0.15, 0.2) is 134 Å². The largest absolute Gasteiger partial charge is 0.477 e. The Morgan fingerprint density at radius 2 is 0.720 bits per heavy atom. The average Bonchev–Trinajstić information content (AvgIpc) is 3.38. The summed E-state index contributed by atoms with van der Waals surface area (Å²) < 4.78 is 22.9. The number of likely N-dealkylation sites (N-methyl/N-ethyl adjacent to an activating group) is 1. The molecule has 424 valence electrons. The van der Waals surface area contributed by atoms with Crippen molar-refractivity contribution in [3.8, 4) is 0 Å². The molecule has 9 nitrogen and oxygen atoms in total. The number of quaternary nitrogens is 1. The van der Waals surface area contributed by atoms with Gasteiger partial charge < -0.3 is 28.5 Å². The lowest BCUT2D eigenvalue weighted by Crippen LogP contribution is -2.40. The van der Waals surface area contributed by atoms with E-state index in [4.69, 9.17) is 18.9 Å². The zero-order valence-corrected chi connectivity index (χ0v) is 48.2. The van der Waals surface area contributed by atoms with E-state index in [1.54, 1.807) is 0 Å². The Kier molecular flexibility index (Phi) is 52.3. The number of hydrogen-bond acceptors (Lipinski definition) is 7. The van der Waals surface area contributed by atoms with Crippen molar-refractivity contribution in [2.75, 3.05) is 47.5 Å². The highest BCUT2D eigenvalue weighted by atomic mass is 16.7. The smallest absolute Gasteiger partial charge is 0.361 e. The highest BCUT2D eigenvalue weighted by Crippen LogP contribution is 2.14. The first-order chi connectivity index (χ1) is 36.6. The van der Waals surface area contributed by atoms with Gasteiger partial charge >= 0.3 is 17.9 Å². The van der Waals surface area contributed by atoms with E-state index in [0.717, 1.165) is 128 Å². The maximum absolute atomic E-state index is 12.9. The van der Waals surface area contributed by atoms with E-state index in [1.165, 1.54) is 38.5 Å². The van der Waals surface area contributed by atoms with Gasteiger partial charge in [0, 0.05) is 12.8 Å². The molecule has 0 radical (unpaired) electrons. The molecule has 0 rings (SSSR count). The number of allylic oxidation sites excluding steroid dienone is 22. The Morgan fingerprint density at radius 3 is 1.07 bits per heavy atom. The van der Waals surface area contributed by atoms with Crippen molar-refractivity contribution in [1.29, 1.82) is 0 Å². The van der Waals surface area contributed by atoms with E-state index in [1.807, 2.05) is 21.1 Å². The van der Waals surface area contributed by atoms with E-state index in [-0.39, 0.29) is 38.6 Å². The van der Waals surface area contributed by atoms with Gasteiger partial charge in [-0.25, -0.2) is 4.79 Å². The number of ether oxygens (including phenoxy) is 4. The summed E-state index contributed by atoms with van der Waals surface area (Å²) in [6.07, 6.45) is 76.6. The van der Waals surface area contributed by atoms with Crippen LogP contribution in [0.2, 0.25) is 0 Å². The fourth-order valence-electron chi connectivity index (χ4n) is 7.45. The first-order valence-electron chi connectivity index (χ1n) is 29.3. The predicted octanol–water partition coefficient (Wildman–Crippen LogP) is 17.5. The number of aliphatic carboxylic acids is 1. The molecule has 75 heavy (non-hydrogen) atoms. The highest BCUT2D eigenvalue weighted by Gasteiger charge is 2.25. The molecule has 1 N–H and O–H groups in total. The van der Waals surface area contributed by atoms with Crippen LogP contribution in [0.3, 0.4) is 0 Å². The summed E-state index contributed by atoms with van der Waals surface area (Å²) >= 11 is 0.